The molecule has 0 aliphatic carbocycles. The maximum atomic E-state index is 13.2. The van der Waals surface area contributed by atoms with E-state index < -0.39 is 40.2 Å². The van der Waals surface area contributed by atoms with Gasteiger partial charge in [-0.2, -0.15) is 8.42 Å². The zero-order valence-corrected chi connectivity index (χ0v) is 20.9. The number of carbonyl (C=O) groups excluding carboxylic acids is 2. The SMILES string of the molecule is Cc1ccc(C(C)OC(=O)C(C)(COS(=O)(=O)c2ccc(C)cc2)C(=O)Oc2ccccc2)cc1. The van der Waals surface area contributed by atoms with Crippen molar-refractivity contribution >= 4 is 22.1 Å². The largest absolute Gasteiger partial charge is 0.457 e. The number of esters is 2. The van der Waals surface area contributed by atoms with Crippen molar-refractivity contribution in [2.75, 3.05) is 6.61 Å². The molecule has 8 heteroatoms. The van der Waals surface area contributed by atoms with Crippen LogP contribution < -0.4 is 4.74 Å². The van der Waals surface area contributed by atoms with Gasteiger partial charge < -0.3 is 9.47 Å². The van der Waals surface area contributed by atoms with Crippen LogP contribution in [0.5, 0.6) is 5.75 Å². The minimum Gasteiger partial charge on any atom is -0.457 e. The predicted octanol–water partition coefficient (Wildman–Crippen LogP) is 4.93. The number of aryl methyl sites for hydroxylation is 2. The molecule has 3 rings (SSSR count). The monoisotopic (exact) mass is 496 g/mol. The molecule has 184 valence electrons. The average molecular weight is 497 g/mol. The van der Waals surface area contributed by atoms with Crippen LogP contribution in [-0.2, 0) is 28.6 Å². The Morgan fingerprint density at radius 3 is 1.94 bits per heavy atom. The average Bonchev–Trinajstić information content (AvgIpc) is 2.83. The lowest BCUT2D eigenvalue weighted by Crippen LogP contribution is -2.45. The first-order chi connectivity index (χ1) is 16.5. The molecule has 7 nitrogen and oxygen atoms in total. The van der Waals surface area contributed by atoms with Crippen molar-refractivity contribution in [3.05, 3.63) is 95.6 Å². The van der Waals surface area contributed by atoms with Gasteiger partial charge in [0.2, 0.25) is 0 Å². The van der Waals surface area contributed by atoms with Gasteiger partial charge in [-0.25, -0.2) is 0 Å². The summed E-state index contributed by atoms with van der Waals surface area (Å²) in [6.07, 6.45) is -0.694. The van der Waals surface area contributed by atoms with Gasteiger partial charge in [0, 0.05) is 0 Å². The molecule has 0 amide bonds. The van der Waals surface area contributed by atoms with Gasteiger partial charge in [-0.3, -0.25) is 13.8 Å². The molecule has 0 heterocycles. The molecule has 0 saturated carbocycles. The third-order valence-electron chi connectivity index (χ3n) is 5.50. The van der Waals surface area contributed by atoms with Crippen LogP contribution in [0.4, 0.5) is 0 Å². The lowest BCUT2D eigenvalue weighted by atomic mass is 9.92. The van der Waals surface area contributed by atoms with Crippen molar-refractivity contribution in [2.24, 2.45) is 5.41 Å². The molecular formula is C27H28O7S. The molecule has 35 heavy (non-hydrogen) atoms. The highest BCUT2D eigenvalue weighted by Gasteiger charge is 2.47. The van der Waals surface area contributed by atoms with E-state index in [0.29, 0.717) is 0 Å². The van der Waals surface area contributed by atoms with Gasteiger partial charge in [-0.15, -0.1) is 0 Å². The van der Waals surface area contributed by atoms with Gasteiger partial charge in [0.05, 0.1) is 11.5 Å². The maximum Gasteiger partial charge on any atom is 0.331 e. The quantitative estimate of drug-likeness (QED) is 0.179. The lowest BCUT2D eigenvalue weighted by molar-refractivity contribution is -0.171. The van der Waals surface area contributed by atoms with Crippen LogP contribution in [0.15, 0.2) is 83.8 Å². The molecule has 2 unspecified atom stereocenters. The van der Waals surface area contributed by atoms with E-state index >= 15 is 0 Å². The standard InChI is InChI=1S/C27H28O7S/c1-19-10-14-22(15-11-19)21(3)33-25(28)27(4,26(29)34-23-8-6-5-7-9-23)18-32-35(30,31)24-16-12-20(2)13-17-24/h5-17,21H,18H2,1-4H3. The Kier molecular flexibility index (Phi) is 8.09. The Balaban J connectivity index is 1.85. The Bertz CT molecular complexity index is 1270. The molecule has 0 saturated heterocycles. The fourth-order valence-electron chi connectivity index (χ4n) is 3.07. The zero-order valence-electron chi connectivity index (χ0n) is 20.1. The molecule has 3 aromatic rings. The third-order valence-corrected chi connectivity index (χ3v) is 6.78. The molecule has 0 radical (unpaired) electrons. The summed E-state index contributed by atoms with van der Waals surface area (Å²) in [5, 5.41) is 0. The summed E-state index contributed by atoms with van der Waals surface area (Å²) >= 11 is 0. The molecule has 0 aromatic heterocycles. The van der Waals surface area contributed by atoms with Gasteiger partial charge in [0.25, 0.3) is 10.1 Å². The molecule has 0 bridgehead atoms. The van der Waals surface area contributed by atoms with Crippen LogP contribution in [0.1, 0.15) is 36.6 Å². The van der Waals surface area contributed by atoms with Crippen molar-refractivity contribution < 1.29 is 31.7 Å². The summed E-state index contributed by atoms with van der Waals surface area (Å²) in [5.74, 6) is -1.76. The second-order valence-corrected chi connectivity index (χ2v) is 10.1. The Hall–Kier alpha value is -3.49. The summed E-state index contributed by atoms with van der Waals surface area (Å²) in [4.78, 5) is 26.3. The van der Waals surface area contributed by atoms with Crippen molar-refractivity contribution in [1.29, 1.82) is 0 Å². The Morgan fingerprint density at radius 2 is 1.37 bits per heavy atom. The van der Waals surface area contributed by atoms with Crippen molar-refractivity contribution in [1.82, 2.24) is 0 Å². The lowest BCUT2D eigenvalue weighted by Gasteiger charge is -2.26. The van der Waals surface area contributed by atoms with Crippen LogP contribution >= 0.6 is 0 Å². The molecule has 0 aliphatic heterocycles. The van der Waals surface area contributed by atoms with E-state index in [1.54, 1.807) is 49.4 Å². The molecular weight excluding hydrogens is 468 g/mol. The van der Waals surface area contributed by atoms with Gasteiger partial charge in [-0.1, -0.05) is 65.7 Å². The number of hydrogen-bond acceptors (Lipinski definition) is 7. The fraction of sp³-hybridized carbons (Fsp3) is 0.259. The molecule has 0 fully saturated rings. The fourth-order valence-corrected chi connectivity index (χ4v) is 4.07. The highest BCUT2D eigenvalue weighted by molar-refractivity contribution is 7.86. The number of hydrogen-bond donors (Lipinski definition) is 0. The first-order valence-electron chi connectivity index (χ1n) is 11.0. The van der Waals surface area contributed by atoms with E-state index in [9.17, 15) is 18.0 Å². The van der Waals surface area contributed by atoms with E-state index in [0.717, 1.165) is 16.7 Å². The second kappa shape index (κ2) is 10.8. The van der Waals surface area contributed by atoms with E-state index in [1.807, 2.05) is 38.1 Å². The zero-order chi connectivity index (χ0) is 25.6. The minimum atomic E-state index is -4.25. The van der Waals surface area contributed by atoms with Crippen LogP contribution in [0.3, 0.4) is 0 Å². The van der Waals surface area contributed by atoms with Crippen LogP contribution in [0.2, 0.25) is 0 Å². The first kappa shape index (κ1) is 26.1. The number of rotatable bonds is 9. The molecule has 2 atom stereocenters. The smallest absolute Gasteiger partial charge is 0.331 e. The first-order valence-corrected chi connectivity index (χ1v) is 12.4. The van der Waals surface area contributed by atoms with Gasteiger partial charge >= 0.3 is 11.9 Å². The highest BCUT2D eigenvalue weighted by Crippen LogP contribution is 2.29. The van der Waals surface area contributed by atoms with Crippen LogP contribution in [0, 0.1) is 19.3 Å². The molecule has 0 N–H and O–H groups in total. The Labute approximate surface area is 205 Å². The van der Waals surface area contributed by atoms with Crippen LogP contribution in [-0.4, -0.2) is 27.0 Å². The van der Waals surface area contributed by atoms with Crippen LogP contribution in [0.25, 0.3) is 0 Å². The topological polar surface area (TPSA) is 96.0 Å². The molecule has 0 spiro atoms. The summed E-state index contributed by atoms with van der Waals surface area (Å²) in [6, 6.07) is 21.6. The summed E-state index contributed by atoms with van der Waals surface area (Å²) in [6.45, 7) is 5.86. The van der Waals surface area contributed by atoms with E-state index in [4.69, 9.17) is 13.7 Å². The summed E-state index contributed by atoms with van der Waals surface area (Å²) in [5.41, 5.74) is 0.565. The number of ether oxygens (including phenoxy) is 2. The van der Waals surface area contributed by atoms with Crippen molar-refractivity contribution in [2.45, 2.75) is 38.7 Å². The number of carbonyl (C=O) groups is 2. The van der Waals surface area contributed by atoms with Gasteiger partial charge in [-0.05, 0) is 57.5 Å². The van der Waals surface area contributed by atoms with Gasteiger partial charge in [0.1, 0.15) is 11.9 Å². The number of benzene rings is 3. The minimum absolute atomic E-state index is 0.0942. The van der Waals surface area contributed by atoms with E-state index in [-0.39, 0.29) is 10.6 Å². The predicted molar refractivity (Wildman–Crippen MR) is 130 cm³/mol. The van der Waals surface area contributed by atoms with Crippen molar-refractivity contribution in [3.8, 4) is 5.75 Å². The highest BCUT2D eigenvalue weighted by atomic mass is 32.2. The van der Waals surface area contributed by atoms with Gasteiger partial charge in [0.15, 0.2) is 5.41 Å². The summed E-state index contributed by atoms with van der Waals surface area (Å²) < 4.78 is 41.6. The van der Waals surface area contributed by atoms with E-state index in [1.165, 1.54) is 19.1 Å². The maximum absolute atomic E-state index is 13.2. The second-order valence-electron chi connectivity index (χ2n) is 8.52. The normalized spacial score (nSPS) is 13.9. The summed E-state index contributed by atoms with van der Waals surface area (Å²) in [7, 11) is -4.25. The third kappa shape index (κ3) is 6.55. The Morgan fingerprint density at radius 1 is 0.829 bits per heavy atom. The van der Waals surface area contributed by atoms with E-state index in [2.05, 4.69) is 0 Å². The van der Waals surface area contributed by atoms with Crippen molar-refractivity contribution in [3.63, 3.8) is 0 Å². The number of para-hydroxylation sites is 1. The molecule has 0 aliphatic rings. The molecule has 3 aromatic carbocycles.